The van der Waals surface area contributed by atoms with E-state index in [1.165, 1.54) is 18.9 Å². The number of nitrogens with one attached hydrogen (secondary N) is 1. The van der Waals surface area contributed by atoms with Gasteiger partial charge in [-0.1, -0.05) is 18.2 Å². The fourth-order valence-corrected chi connectivity index (χ4v) is 3.53. The minimum Gasteiger partial charge on any atom is -0.340 e. The molecule has 0 bridgehead atoms. The van der Waals surface area contributed by atoms with Gasteiger partial charge in [-0.15, -0.1) is 12.4 Å². The normalized spacial score (nSPS) is 19.8. The van der Waals surface area contributed by atoms with E-state index in [-0.39, 0.29) is 30.6 Å². The molecular weight excluding hydrogens is 329 g/mol. The van der Waals surface area contributed by atoms with E-state index >= 15 is 0 Å². The summed E-state index contributed by atoms with van der Waals surface area (Å²) >= 11 is 0. The van der Waals surface area contributed by atoms with Gasteiger partial charge < -0.3 is 10.2 Å². The molecule has 2 fully saturated rings. The molecule has 0 spiro atoms. The quantitative estimate of drug-likeness (QED) is 0.896. The fraction of sp³-hybridized carbons (Fsp3) is 0.611. The number of hydrogen-bond acceptors (Lipinski definition) is 3. The average Bonchev–Trinajstić information content (AvgIpc) is 2.58. The Balaban J connectivity index is 0.00000208. The Kier molecular flexibility index (Phi) is 7.46. The average molecular weight is 356 g/mol. The van der Waals surface area contributed by atoms with Crippen LogP contribution in [0.4, 0.5) is 4.39 Å². The third-order valence-electron chi connectivity index (χ3n) is 5.00. The number of amides is 1. The number of carbonyl (C=O) groups is 1. The minimum atomic E-state index is -0.287. The number of hydrogen-bond donors (Lipinski definition) is 1. The van der Waals surface area contributed by atoms with Crippen molar-refractivity contribution in [2.45, 2.75) is 19.3 Å². The van der Waals surface area contributed by atoms with Gasteiger partial charge in [-0.25, -0.2) is 4.39 Å². The Hall–Kier alpha value is -1.17. The second kappa shape index (κ2) is 9.35. The van der Waals surface area contributed by atoms with Crippen LogP contribution in [0, 0.1) is 11.7 Å². The van der Waals surface area contributed by atoms with E-state index < -0.39 is 0 Å². The van der Waals surface area contributed by atoms with E-state index in [0.717, 1.165) is 51.7 Å². The Labute approximate surface area is 149 Å². The van der Waals surface area contributed by atoms with Crippen molar-refractivity contribution in [3.05, 3.63) is 35.6 Å². The molecule has 1 aromatic rings. The van der Waals surface area contributed by atoms with E-state index in [9.17, 15) is 9.18 Å². The molecule has 134 valence electrons. The Bertz CT molecular complexity index is 529. The van der Waals surface area contributed by atoms with Gasteiger partial charge in [0.15, 0.2) is 0 Å². The van der Waals surface area contributed by atoms with Crippen molar-refractivity contribution < 1.29 is 9.18 Å². The predicted octanol–water partition coefficient (Wildman–Crippen LogP) is 1.93. The van der Waals surface area contributed by atoms with E-state index in [1.54, 1.807) is 18.2 Å². The van der Waals surface area contributed by atoms with Gasteiger partial charge in [-0.05, 0) is 43.5 Å². The number of benzene rings is 1. The molecule has 3 rings (SSSR count). The molecule has 0 radical (unpaired) electrons. The highest BCUT2D eigenvalue weighted by molar-refractivity contribution is 5.85. The molecule has 24 heavy (non-hydrogen) atoms. The molecule has 4 nitrogen and oxygen atoms in total. The van der Waals surface area contributed by atoms with E-state index in [2.05, 4.69) is 10.2 Å². The minimum absolute atomic E-state index is 0. The molecule has 0 aromatic heterocycles. The van der Waals surface area contributed by atoms with Gasteiger partial charge in [-0.3, -0.25) is 9.69 Å². The van der Waals surface area contributed by atoms with Gasteiger partial charge in [0.05, 0.1) is 6.42 Å². The van der Waals surface area contributed by atoms with E-state index in [1.807, 2.05) is 4.90 Å². The summed E-state index contributed by atoms with van der Waals surface area (Å²) in [7, 11) is 0. The van der Waals surface area contributed by atoms with Crippen LogP contribution in [-0.4, -0.2) is 61.5 Å². The first kappa shape index (κ1) is 19.2. The third kappa shape index (κ3) is 5.16. The molecule has 2 saturated heterocycles. The third-order valence-corrected chi connectivity index (χ3v) is 5.00. The second-order valence-electron chi connectivity index (χ2n) is 6.64. The topological polar surface area (TPSA) is 35.6 Å². The van der Waals surface area contributed by atoms with Gasteiger partial charge in [0.1, 0.15) is 5.82 Å². The van der Waals surface area contributed by atoms with E-state index in [4.69, 9.17) is 0 Å². The summed E-state index contributed by atoms with van der Waals surface area (Å²) in [5.74, 6) is 0.541. The van der Waals surface area contributed by atoms with Crippen molar-refractivity contribution in [3.8, 4) is 0 Å². The molecule has 0 atom stereocenters. The summed E-state index contributed by atoms with van der Waals surface area (Å²) in [4.78, 5) is 16.7. The van der Waals surface area contributed by atoms with Crippen LogP contribution in [0.3, 0.4) is 0 Å². The van der Waals surface area contributed by atoms with Crippen molar-refractivity contribution in [1.29, 1.82) is 0 Å². The van der Waals surface area contributed by atoms with Crippen LogP contribution in [0.5, 0.6) is 0 Å². The van der Waals surface area contributed by atoms with Crippen LogP contribution in [0.25, 0.3) is 0 Å². The van der Waals surface area contributed by atoms with Crippen LogP contribution < -0.4 is 5.32 Å². The Morgan fingerprint density at radius 2 is 1.79 bits per heavy atom. The molecule has 0 unspecified atom stereocenters. The zero-order chi connectivity index (χ0) is 16.1. The lowest BCUT2D eigenvalue weighted by atomic mass is 9.97. The number of piperazine rings is 1. The van der Waals surface area contributed by atoms with Crippen LogP contribution in [-0.2, 0) is 11.2 Å². The van der Waals surface area contributed by atoms with Gasteiger partial charge in [0, 0.05) is 32.7 Å². The first-order valence-electron chi connectivity index (χ1n) is 8.66. The smallest absolute Gasteiger partial charge is 0.227 e. The summed E-state index contributed by atoms with van der Waals surface area (Å²) in [5, 5.41) is 3.40. The standard InChI is InChI=1S/C18H26FN3O.ClH/c19-17-4-2-1-3-16(17)13-18(23)22-11-9-21(10-12-22)14-15-5-7-20-8-6-15;/h1-4,15,20H,5-14H2;1H. The molecule has 2 aliphatic heterocycles. The molecule has 0 aliphatic carbocycles. The summed E-state index contributed by atoms with van der Waals surface area (Å²) in [6.45, 7) is 6.81. The van der Waals surface area contributed by atoms with E-state index in [0.29, 0.717) is 5.56 Å². The molecule has 1 aromatic carbocycles. The number of piperidine rings is 1. The first-order chi connectivity index (χ1) is 11.2. The van der Waals surface area contributed by atoms with Crippen LogP contribution in [0.1, 0.15) is 18.4 Å². The zero-order valence-corrected chi connectivity index (χ0v) is 14.9. The largest absolute Gasteiger partial charge is 0.340 e. The monoisotopic (exact) mass is 355 g/mol. The maximum absolute atomic E-state index is 13.7. The van der Waals surface area contributed by atoms with Crippen molar-refractivity contribution in [1.82, 2.24) is 15.1 Å². The van der Waals surface area contributed by atoms with Crippen LogP contribution >= 0.6 is 12.4 Å². The van der Waals surface area contributed by atoms with Gasteiger partial charge in [-0.2, -0.15) is 0 Å². The molecular formula is C18H27ClFN3O. The van der Waals surface area contributed by atoms with Crippen molar-refractivity contribution in [3.63, 3.8) is 0 Å². The number of nitrogens with zero attached hydrogens (tertiary/aromatic N) is 2. The van der Waals surface area contributed by atoms with Gasteiger partial charge in [0.25, 0.3) is 0 Å². The summed E-state index contributed by atoms with van der Waals surface area (Å²) in [6.07, 6.45) is 2.68. The SMILES string of the molecule is Cl.O=C(Cc1ccccc1F)N1CCN(CC2CCNCC2)CC1. The lowest BCUT2D eigenvalue weighted by Gasteiger charge is -2.37. The molecule has 2 aliphatic rings. The highest BCUT2D eigenvalue weighted by atomic mass is 35.5. The predicted molar refractivity (Wildman–Crippen MR) is 96.0 cm³/mol. The maximum atomic E-state index is 13.7. The second-order valence-corrected chi connectivity index (χ2v) is 6.64. The number of halogens is 2. The van der Waals surface area contributed by atoms with Crippen molar-refractivity contribution in [2.75, 3.05) is 45.8 Å². The van der Waals surface area contributed by atoms with Gasteiger partial charge >= 0.3 is 0 Å². The number of rotatable bonds is 4. The molecule has 1 N–H and O–H groups in total. The van der Waals surface area contributed by atoms with Crippen LogP contribution in [0.15, 0.2) is 24.3 Å². The maximum Gasteiger partial charge on any atom is 0.227 e. The highest BCUT2D eigenvalue weighted by Crippen LogP contribution is 2.15. The summed E-state index contributed by atoms with van der Waals surface area (Å²) in [5.41, 5.74) is 0.495. The summed E-state index contributed by atoms with van der Waals surface area (Å²) < 4.78 is 13.7. The summed E-state index contributed by atoms with van der Waals surface area (Å²) in [6, 6.07) is 6.55. The lowest BCUT2D eigenvalue weighted by molar-refractivity contribution is -0.132. The first-order valence-corrected chi connectivity index (χ1v) is 8.66. The molecule has 1 amide bonds. The molecule has 6 heteroatoms. The Morgan fingerprint density at radius 1 is 1.12 bits per heavy atom. The fourth-order valence-electron chi connectivity index (χ4n) is 3.53. The van der Waals surface area contributed by atoms with Crippen molar-refractivity contribution >= 4 is 18.3 Å². The number of carbonyl (C=O) groups excluding carboxylic acids is 1. The molecule has 2 heterocycles. The zero-order valence-electron chi connectivity index (χ0n) is 14.0. The lowest BCUT2D eigenvalue weighted by Crippen LogP contribution is -2.50. The highest BCUT2D eigenvalue weighted by Gasteiger charge is 2.24. The van der Waals surface area contributed by atoms with Crippen LogP contribution in [0.2, 0.25) is 0 Å². The Morgan fingerprint density at radius 3 is 2.46 bits per heavy atom. The van der Waals surface area contributed by atoms with Crippen molar-refractivity contribution in [2.24, 2.45) is 5.92 Å². The molecule has 0 saturated carbocycles. The van der Waals surface area contributed by atoms with Gasteiger partial charge in [0.2, 0.25) is 5.91 Å².